The van der Waals surface area contributed by atoms with Crippen LogP contribution in [0.2, 0.25) is 0 Å². The van der Waals surface area contributed by atoms with Gasteiger partial charge in [-0.25, -0.2) is 13.6 Å². The fourth-order valence-electron chi connectivity index (χ4n) is 1.77. The Kier molecular flexibility index (Phi) is 6.45. The van der Waals surface area contributed by atoms with Crippen molar-refractivity contribution < 1.29 is 32.2 Å². The molecule has 0 aliphatic heterocycles. The van der Waals surface area contributed by atoms with Gasteiger partial charge in [-0.1, -0.05) is 13.8 Å². The Labute approximate surface area is 125 Å². The second-order valence-corrected chi connectivity index (χ2v) is 5.11. The molecule has 1 rings (SSSR count). The van der Waals surface area contributed by atoms with Crippen molar-refractivity contribution in [2.24, 2.45) is 5.92 Å². The van der Waals surface area contributed by atoms with Gasteiger partial charge in [0.05, 0.1) is 13.2 Å². The lowest BCUT2D eigenvalue weighted by atomic mass is 10.1. The number of carboxylic acid groups (broad SMARTS) is 1. The molecule has 0 aliphatic carbocycles. The van der Waals surface area contributed by atoms with E-state index in [1.807, 2.05) is 13.8 Å². The average Bonchev–Trinajstić information content (AvgIpc) is 2.43. The molecular formula is C14H17F4NO3. The molecule has 22 heavy (non-hydrogen) atoms. The molecule has 0 fully saturated rings. The highest BCUT2D eigenvalue weighted by Gasteiger charge is 2.26. The van der Waals surface area contributed by atoms with Crippen molar-refractivity contribution >= 4 is 6.09 Å². The fraction of sp³-hybridized carbons (Fsp3) is 0.500. The standard InChI is InChI=1S/C14H17F4NO3/c1-7(2)4-3-5-22-13-11(17)9(15)8(6-19-14(20)21)10(16)12(13)18/h7,19H,3-6H2,1-2H3,(H,20,21). The SMILES string of the molecule is CC(C)CCCOc1c(F)c(F)c(CNC(=O)O)c(F)c1F. The molecular weight excluding hydrogens is 306 g/mol. The highest BCUT2D eigenvalue weighted by molar-refractivity contribution is 5.64. The third-order valence-corrected chi connectivity index (χ3v) is 2.90. The number of halogens is 4. The molecule has 2 N–H and O–H groups in total. The van der Waals surface area contributed by atoms with E-state index in [1.165, 1.54) is 0 Å². The van der Waals surface area contributed by atoms with Crippen LogP contribution in [0.4, 0.5) is 22.4 Å². The van der Waals surface area contributed by atoms with E-state index in [0.717, 1.165) is 6.42 Å². The van der Waals surface area contributed by atoms with Gasteiger partial charge >= 0.3 is 6.09 Å². The fourth-order valence-corrected chi connectivity index (χ4v) is 1.77. The van der Waals surface area contributed by atoms with Gasteiger partial charge in [0.1, 0.15) is 0 Å². The zero-order chi connectivity index (χ0) is 16.9. The van der Waals surface area contributed by atoms with E-state index in [-0.39, 0.29) is 6.61 Å². The Hall–Kier alpha value is -1.99. The van der Waals surface area contributed by atoms with E-state index in [4.69, 9.17) is 9.84 Å². The van der Waals surface area contributed by atoms with Crippen LogP contribution in [-0.2, 0) is 6.54 Å². The van der Waals surface area contributed by atoms with E-state index >= 15 is 0 Å². The molecule has 0 bridgehead atoms. The minimum absolute atomic E-state index is 0.0857. The van der Waals surface area contributed by atoms with Gasteiger partial charge in [-0.15, -0.1) is 0 Å². The number of hydrogen-bond donors (Lipinski definition) is 2. The van der Waals surface area contributed by atoms with Crippen LogP contribution in [0.5, 0.6) is 5.75 Å². The first-order valence-electron chi connectivity index (χ1n) is 6.70. The lowest BCUT2D eigenvalue weighted by Crippen LogP contribution is -2.22. The van der Waals surface area contributed by atoms with E-state index in [2.05, 4.69) is 0 Å². The van der Waals surface area contributed by atoms with E-state index in [9.17, 15) is 22.4 Å². The molecule has 1 aromatic rings. The molecule has 0 saturated carbocycles. The summed E-state index contributed by atoms with van der Waals surface area (Å²) >= 11 is 0. The third kappa shape index (κ3) is 4.51. The number of amides is 1. The molecule has 1 amide bonds. The van der Waals surface area contributed by atoms with Crippen molar-refractivity contribution in [3.8, 4) is 5.75 Å². The predicted molar refractivity (Wildman–Crippen MR) is 70.7 cm³/mol. The summed E-state index contributed by atoms with van der Waals surface area (Å²) in [5.41, 5.74) is -1.04. The van der Waals surface area contributed by atoms with Crippen LogP contribution >= 0.6 is 0 Å². The number of nitrogens with one attached hydrogen (secondary N) is 1. The third-order valence-electron chi connectivity index (χ3n) is 2.90. The Balaban J connectivity index is 2.94. The Morgan fingerprint density at radius 1 is 1.14 bits per heavy atom. The number of rotatable bonds is 7. The number of benzene rings is 1. The van der Waals surface area contributed by atoms with Crippen LogP contribution in [0.3, 0.4) is 0 Å². The van der Waals surface area contributed by atoms with Crippen LogP contribution < -0.4 is 10.1 Å². The monoisotopic (exact) mass is 323 g/mol. The summed E-state index contributed by atoms with van der Waals surface area (Å²) < 4.78 is 59.6. The highest BCUT2D eigenvalue weighted by atomic mass is 19.2. The molecule has 0 unspecified atom stereocenters. The van der Waals surface area contributed by atoms with Crippen LogP contribution in [-0.4, -0.2) is 17.8 Å². The van der Waals surface area contributed by atoms with Gasteiger partial charge in [-0.3, -0.25) is 0 Å². The first-order valence-corrected chi connectivity index (χ1v) is 6.70. The maximum absolute atomic E-state index is 13.7. The summed E-state index contributed by atoms with van der Waals surface area (Å²) in [6.07, 6.45) is -0.370. The average molecular weight is 323 g/mol. The highest BCUT2D eigenvalue weighted by Crippen LogP contribution is 2.30. The predicted octanol–water partition coefficient (Wildman–Crippen LogP) is 3.83. The first kappa shape index (κ1) is 18.1. The molecule has 0 atom stereocenters. The minimum atomic E-state index is -1.68. The van der Waals surface area contributed by atoms with Crippen molar-refractivity contribution in [3.05, 3.63) is 28.8 Å². The Morgan fingerprint density at radius 2 is 1.68 bits per heavy atom. The summed E-state index contributed by atoms with van der Waals surface area (Å²) in [4.78, 5) is 10.3. The molecule has 124 valence electrons. The van der Waals surface area contributed by atoms with Crippen molar-refractivity contribution in [2.75, 3.05) is 6.61 Å². The molecule has 0 heterocycles. The van der Waals surface area contributed by atoms with Gasteiger partial charge in [0.15, 0.2) is 17.4 Å². The summed E-state index contributed by atoms with van der Waals surface area (Å²) in [6, 6.07) is 0. The number of hydrogen-bond acceptors (Lipinski definition) is 2. The zero-order valence-electron chi connectivity index (χ0n) is 12.2. The molecule has 8 heteroatoms. The van der Waals surface area contributed by atoms with Crippen molar-refractivity contribution in [1.29, 1.82) is 0 Å². The molecule has 0 saturated heterocycles. The smallest absolute Gasteiger partial charge is 0.404 e. The Bertz CT molecular complexity index is 520. The summed E-state index contributed by atoms with van der Waals surface area (Å²) in [6.45, 7) is 2.92. The number of ether oxygens (including phenoxy) is 1. The van der Waals surface area contributed by atoms with E-state index in [1.54, 1.807) is 5.32 Å². The van der Waals surface area contributed by atoms with Gasteiger partial charge in [0.2, 0.25) is 11.6 Å². The van der Waals surface area contributed by atoms with Crippen molar-refractivity contribution in [3.63, 3.8) is 0 Å². The molecule has 4 nitrogen and oxygen atoms in total. The van der Waals surface area contributed by atoms with Crippen molar-refractivity contribution in [1.82, 2.24) is 5.32 Å². The summed E-state index contributed by atoms with van der Waals surface area (Å²) in [5.74, 6) is -7.47. The van der Waals surface area contributed by atoms with Gasteiger partial charge in [-0.05, 0) is 18.8 Å². The second kappa shape index (κ2) is 7.86. The summed E-state index contributed by atoms with van der Waals surface area (Å²) in [5, 5.41) is 10.0. The molecule has 0 aliphatic rings. The van der Waals surface area contributed by atoms with E-state index < -0.39 is 47.2 Å². The van der Waals surface area contributed by atoms with Gasteiger partial charge in [0.25, 0.3) is 0 Å². The second-order valence-electron chi connectivity index (χ2n) is 5.11. The quantitative estimate of drug-likeness (QED) is 0.455. The Morgan fingerprint density at radius 3 is 2.14 bits per heavy atom. The van der Waals surface area contributed by atoms with E-state index in [0.29, 0.717) is 12.3 Å². The number of carbonyl (C=O) groups is 1. The lowest BCUT2D eigenvalue weighted by Gasteiger charge is -2.13. The summed E-state index contributed by atoms with van der Waals surface area (Å²) in [7, 11) is 0. The van der Waals surface area contributed by atoms with Crippen LogP contribution in [0.1, 0.15) is 32.3 Å². The maximum atomic E-state index is 13.7. The van der Waals surface area contributed by atoms with Gasteiger partial charge < -0.3 is 15.2 Å². The van der Waals surface area contributed by atoms with Crippen molar-refractivity contribution in [2.45, 2.75) is 33.2 Å². The maximum Gasteiger partial charge on any atom is 0.404 e. The molecule has 0 radical (unpaired) electrons. The lowest BCUT2D eigenvalue weighted by molar-refractivity contribution is 0.193. The molecule has 0 spiro atoms. The normalized spacial score (nSPS) is 10.9. The van der Waals surface area contributed by atoms with Crippen LogP contribution in [0.25, 0.3) is 0 Å². The van der Waals surface area contributed by atoms with Crippen LogP contribution in [0.15, 0.2) is 0 Å². The topological polar surface area (TPSA) is 58.6 Å². The minimum Gasteiger partial charge on any atom is -0.487 e. The van der Waals surface area contributed by atoms with Gasteiger partial charge in [0, 0.05) is 5.56 Å². The molecule has 1 aromatic carbocycles. The largest absolute Gasteiger partial charge is 0.487 e. The van der Waals surface area contributed by atoms with Gasteiger partial charge in [-0.2, -0.15) is 8.78 Å². The molecule has 0 aromatic heterocycles. The first-order chi connectivity index (χ1) is 10.3. The van der Waals surface area contributed by atoms with Crippen LogP contribution in [0, 0.1) is 29.2 Å². The zero-order valence-corrected chi connectivity index (χ0v) is 12.2.